The molecule has 5 nitrogen and oxygen atoms in total. The fraction of sp³-hybridized carbons (Fsp3) is 0.241. The number of fused-ring (bicyclic) bond motifs is 1. The third kappa shape index (κ3) is 4.66. The second-order valence-electron chi connectivity index (χ2n) is 8.99. The quantitative estimate of drug-likeness (QED) is 0.270. The lowest BCUT2D eigenvalue weighted by atomic mass is 9.99. The number of Topliss-reactive ketones (excluding diaryl/α,β-unsaturated/α-hetero) is 1. The molecule has 0 radical (unpaired) electrons. The number of nitrogens with one attached hydrogen (secondary N) is 1. The van der Waals surface area contributed by atoms with Gasteiger partial charge in [0.1, 0.15) is 0 Å². The van der Waals surface area contributed by atoms with E-state index in [0.717, 1.165) is 23.2 Å². The van der Waals surface area contributed by atoms with E-state index in [-0.39, 0.29) is 11.7 Å². The van der Waals surface area contributed by atoms with Crippen LogP contribution in [0.1, 0.15) is 53.2 Å². The van der Waals surface area contributed by atoms with Crippen molar-refractivity contribution in [3.05, 3.63) is 95.1 Å². The molecule has 2 heterocycles. The van der Waals surface area contributed by atoms with Crippen LogP contribution >= 0.6 is 0 Å². The van der Waals surface area contributed by atoms with E-state index in [1.807, 2.05) is 48.5 Å². The molecule has 172 valence electrons. The van der Waals surface area contributed by atoms with E-state index in [1.54, 1.807) is 12.1 Å². The van der Waals surface area contributed by atoms with Gasteiger partial charge < -0.3 is 10.1 Å². The molecule has 3 aromatic carbocycles. The highest BCUT2D eigenvalue weighted by Crippen LogP contribution is 2.32. The van der Waals surface area contributed by atoms with Gasteiger partial charge in [0.05, 0.1) is 17.0 Å². The minimum Gasteiger partial charge on any atom is -0.494 e. The first kappa shape index (κ1) is 22.1. The van der Waals surface area contributed by atoms with Crippen LogP contribution in [0.25, 0.3) is 10.9 Å². The van der Waals surface area contributed by atoms with Crippen LogP contribution in [0.5, 0.6) is 5.88 Å². The zero-order valence-corrected chi connectivity index (χ0v) is 19.4. The molecule has 0 bridgehead atoms. The van der Waals surface area contributed by atoms with Gasteiger partial charge >= 0.3 is 0 Å². The number of piperidine rings is 1. The first-order valence-electron chi connectivity index (χ1n) is 11.9. The van der Waals surface area contributed by atoms with Crippen molar-refractivity contribution in [2.75, 3.05) is 13.1 Å². The third-order valence-electron chi connectivity index (χ3n) is 6.50. The molecule has 34 heavy (non-hydrogen) atoms. The van der Waals surface area contributed by atoms with Crippen LogP contribution in [0, 0.1) is 0 Å². The number of aromatic nitrogens is 1. The molecule has 1 aliphatic heterocycles. The summed E-state index contributed by atoms with van der Waals surface area (Å²) in [5.74, 6) is 0.0270. The van der Waals surface area contributed by atoms with E-state index in [0.29, 0.717) is 22.4 Å². The lowest BCUT2D eigenvalue weighted by molar-refractivity contribution is 0.101. The number of likely N-dealkylation sites (tertiary alicyclic amines) is 1. The van der Waals surface area contributed by atoms with Crippen molar-refractivity contribution in [3.63, 3.8) is 0 Å². The molecule has 0 aliphatic carbocycles. The summed E-state index contributed by atoms with van der Waals surface area (Å²) in [6.45, 7) is 4.85. The summed E-state index contributed by atoms with van der Waals surface area (Å²) in [7, 11) is 0. The molecular formula is C29H29N3O2. The Hall–Kier alpha value is -3.70. The highest BCUT2D eigenvalue weighted by Gasteiger charge is 2.19. The summed E-state index contributed by atoms with van der Waals surface area (Å²) in [4.78, 5) is 22.4. The van der Waals surface area contributed by atoms with Crippen LogP contribution in [0.3, 0.4) is 0 Å². The zero-order valence-electron chi connectivity index (χ0n) is 19.4. The Labute approximate surface area is 199 Å². The number of aliphatic imine (C=N–C) groups is 1. The predicted molar refractivity (Wildman–Crippen MR) is 137 cm³/mol. The number of aromatic hydroxyl groups is 1. The van der Waals surface area contributed by atoms with Gasteiger partial charge in [-0.3, -0.25) is 9.69 Å². The van der Waals surface area contributed by atoms with Crippen molar-refractivity contribution >= 4 is 28.1 Å². The predicted octanol–water partition coefficient (Wildman–Crippen LogP) is 6.23. The van der Waals surface area contributed by atoms with E-state index in [9.17, 15) is 9.90 Å². The fourth-order valence-corrected chi connectivity index (χ4v) is 4.68. The Morgan fingerprint density at radius 2 is 1.68 bits per heavy atom. The maximum atomic E-state index is 11.8. The molecule has 1 fully saturated rings. The van der Waals surface area contributed by atoms with E-state index in [1.165, 1.54) is 44.8 Å². The van der Waals surface area contributed by atoms with Crippen molar-refractivity contribution in [3.8, 4) is 5.88 Å². The van der Waals surface area contributed by atoms with Gasteiger partial charge in [-0.25, -0.2) is 4.99 Å². The molecule has 4 aromatic rings. The first-order valence-corrected chi connectivity index (χ1v) is 11.9. The highest BCUT2D eigenvalue weighted by molar-refractivity contribution is 6.22. The molecule has 1 aromatic heterocycles. The standard InChI is InChI=1S/C29H29N3O2/c1-20(33)23-12-15-25-26(18-23)31-29(34)27(25)28(22-8-4-2-5-9-22)30-24-13-10-21(11-14-24)19-32-16-6-3-7-17-32/h2,4-5,8-15,18,31,34H,3,6-7,16-17,19H2,1H3. The van der Waals surface area contributed by atoms with Crippen LogP contribution in [0.4, 0.5) is 5.69 Å². The van der Waals surface area contributed by atoms with Gasteiger partial charge in [-0.15, -0.1) is 0 Å². The van der Waals surface area contributed by atoms with Crippen LogP contribution in [-0.4, -0.2) is 39.6 Å². The van der Waals surface area contributed by atoms with Gasteiger partial charge in [0.2, 0.25) is 0 Å². The Kier molecular flexibility index (Phi) is 6.28. The van der Waals surface area contributed by atoms with Crippen LogP contribution in [0.2, 0.25) is 0 Å². The number of carbonyl (C=O) groups is 1. The second-order valence-corrected chi connectivity index (χ2v) is 8.99. The Balaban J connectivity index is 1.54. The van der Waals surface area contributed by atoms with Crippen molar-refractivity contribution < 1.29 is 9.90 Å². The number of hydrogen-bond donors (Lipinski definition) is 2. The molecular weight excluding hydrogens is 422 g/mol. The molecule has 1 saturated heterocycles. The van der Waals surface area contributed by atoms with Gasteiger partial charge in [0, 0.05) is 28.6 Å². The number of ketones is 1. The molecule has 0 amide bonds. The summed E-state index contributed by atoms with van der Waals surface area (Å²) in [6, 6.07) is 23.7. The van der Waals surface area contributed by atoms with E-state index < -0.39 is 0 Å². The largest absolute Gasteiger partial charge is 0.494 e. The Bertz CT molecular complexity index is 1330. The minimum absolute atomic E-state index is 0.0147. The molecule has 0 atom stereocenters. The second kappa shape index (κ2) is 9.65. The van der Waals surface area contributed by atoms with Crippen molar-refractivity contribution in [2.45, 2.75) is 32.7 Å². The van der Waals surface area contributed by atoms with Crippen molar-refractivity contribution in [2.24, 2.45) is 4.99 Å². The summed E-state index contributed by atoms with van der Waals surface area (Å²) < 4.78 is 0. The summed E-state index contributed by atoms with van der Waals surface area (Å²) in [5.41, 5.74) is 5.65. The lowest BCUT2D eigenvalue weighted by Crippen LogP contribution is -2.28. The molecule has 1 aliphatic rings. The van der Waals surface area contributed by atoms with Crippen molar-refractivity contribution in [1.29, 1.82) is 0 Å². The number of aromatic amines is 1. The van der Waals surface area contributed by atoms with E-state index >= 15 is 0 Å². The maximum absolute atomic E-state index is 11.8. The SMILES string of the molecule is CC(=O)c1ccc2c(C(=Nc3ccc(CN4CCCCC4)cc3)c3ccccc3)c(O)[nH]c2c1. The van der Waals surface area contributed by atoms with Gasteiger partial charge in [0.25, 0.3) is 0 Å². The van der Waals surface area contributed by atoms with E-state index in [2.05, 4.69) is 22.0 Å². The summed E-state index contributed by atoms with van der Waals surface area (Å²) in [5, 5.41) is 11.7. The Morgan fingerprint density at radius 1 is 0.941 bits per heavy atom. The molecule has 5 rings (SSSR count). The number of hydrogen-bond acceptors (Lipinski definition) is 4. The van der Waals surface area contributed by atoms with Gasteiger partial charge in [-0.1, -0.05) is 61.0 Å². The van der Waals surface area contributed by atoms with Crippen LogP contribution < -0.4 is 0 Å². The molecule has 2 N–H and O–H groups in total. The molecule has 0 spiro atoms. The lowest BCUT2D eigenvalue weighted by Gasteiger charge is -2.26. The molecule has 0 saturated carbocycles. The van der Waals surface area contributed by atoms with E-state index in [4.69, 9.17) is 4.99 Å². The monoisotopic (exact) mass is 451 g/mol. The average Bonchev–Trinajstić information content (AvgIpc) is 3.19. The number of carbonyl (C=O) groups excluding carboxylic acids is 1. The van der Waals surface area contributed by atoms with Gasteiger partial charge in [-0.05, 0) is 56.6 Å². The number of rotatable bonds is 6. The minimum atomic E-state index is -0.0147. The van der Waals surface area contributed by atoms with Crippen LogP contribution in [-0.2, 0) is 6.54 Å². The van der Waals surface area contributed by atoms with Crippen LogP contribution in [0.15, 0.2) is 77.8 Å². The average molecular weight is 452 g/mol. The highest BCUT2D eigenvalue weighted by atomic mass is 16.3. The van der Waals surface area contributed by atoms with Gasteiger partial charge in [-0.2, -0.15) is 0 Å². The first-order chi connectivity index (χ1) is 16.6. The Morgan fingerprint density at radius 3 is 2.38 bits per heavy atom. The number of benzene rings is 3. The molecule has 0 unspecified atom stereocenters. The van der Waals surface area contributed by atoms with Crippen molar-refractivity contribution in [1.82, 2.24) is 9.88 Å². The summed E-state index contributed by atoms with van der Waals surface area (Å²) >= 11 is 0. The normalized spacial score (nSPS) is 15.0. The van der Waals surface area contributed by atoms with Gasteiger partial charge in [0.15, 0.2) is 11.7 Å². The topological polar surface area (TPSA) is 68.7 Å². The number of H-pyrrole nitrogens is 1. The summed E-state index contributed by atoms with van der Waals surface area (Å²) in [6.07, 6.45) is 3.90. The third-order valence-corrected chi connectivity index (χ3v) is 6.50. The number of nitrogens with zero attached hydrogens (tertiary/aromatic N) is 2. The zero-order chi connectivity index (χ0) is 23.5. The maximum Gasteiger partial charge on any atom is 0.199 e. The fourth-order valence-electron chi connectivity index (χ4n) is 4.68. The molecule has 5 heteroatoms. The smallest absolute Gasteiger partial charge is 0.199 e.